The number of anilines is 1. The number of hydrogen-bond donors (Lipinski definition) is 2. The van der Waals surface area contributed by atoms with Crippen molar-refractivity contribution in [3.05, 3.63) is 50.8 Å². The van der Waals surface area contributed by atoms with Crippen LogP contribution in [0, 0.1) is 6.92 Å². The van der Waals surface area contributed by atoms with Crippen molar-refractivity contribution in [2.45, 2.75) is 17.7 Å². The summed E-state index contributed by atoms with van der Waals surface area (Å²) in [6.45, 7) is 1.80. The average molecular weight is 496 g/mol. The second-order valence-corrected chi connectivity index (χ2v) is 9.89. The molecule has 3 rings (SSSR count). The van der Waals surface area contributed by atoms with E-state index in [1.54, 1.807) is 30.5 Å². The van der Waals surface area contributed by atoms with Crippen molar-refractivity contribution in [1.82, 2.24) is 4.98 Å². The molecule has 0 spiro atoms. The van der Waals surface area contributed by atoms with Gasteiger partial charge in [-0.1, -0.05) is 41.6 Å². The van der Waals surface area contributed by atoms with Crippen LogP contribution in [-0.4, -0.2) is 35.6 Å². The van der Waals surface area contributed by atoms with Gasteiger partial charge < -0.3 is 15.8 Å². The molecule has 0 atom stereocenters. The molecule has 31 heavy (non-hydrogen) atoms. The minimum absolute atomic E-state index is 0.0862. The fourth-order valence-electron chi connectivity index (χ4n) is 2.71. The smallest absolute Gasteiger partial charge is 0.341 e. The van der Waals surface area contributed by atoms with E-state index in [4.69, 9.17) is 22.1 Å². The van der Waals surface area contributed by atoms with Gasteiger partial charge in [0, 0.05) is 26.4 Å². The summed E-state index contributed by atoms with van der Waals surface area (Å²) >= 11 is 10.1. The maximum Gasteiger partial charge on any atom is 0.341 e. The van der Waals surface area contributed by atoms with Crippen LogP contribution in [0.4, 0.5) is 5.00 Å². The van der Waals surface area contributed by atoms with Gasteiger partial charge in [0.2, 0.25) is 11.8 Å². The molecule has 3 aromatic rings. The molecule has 0 bridgehead atoms. The van der Waals surface area contributed by atoms with Crippen LogP contribution in [-0.2, 0) is 20.7 Å². The number of thioether (sulfide) groups is 1. The number of primary amides is 1. The molecule has 0 aliphatic rings. The van der Waals surface area contributed by atoms with Crippen LogP contribution in [0.15, 0.2) is 34.0 Å². The molecule has 0 saturated heterocycles. The molecule has 7 nitrogen and oxygen atoms in total. The number of rotatable bonds is 8. The van der Waals surface area contributed by atoms with Crippen molar-refractivity contribution < 1.29 is 19.1 Å². The molecule has 0 radical (unpaired) electrons. The number of esters is 1. The first-order valence-corrected chi connectivity index (χ1v) is 12.0. The second-order valence-electron chi connectivity index (χ2n) is 6.29. The molecule has 0 saturated carbocycles. The van der Waals surface area contributed by atoms with Crippen molar-refractivity contribution >= 4 is 68.8 Å². The number of carbonyl (C=O) groups is 3. The highest BCUT2D eigenvalue weighted by Crippen LogP contribution is 2.39. The van der Waals surface area contributed by atoms with Crippen LogP contribution in [0.2, 0.25) is 5.02 Å². The number of benzene rings is 1. The summed E-state index contributed by atoms with van der Waals surface area (Å²) in [6.07, 6.45) is 0.124. The highest BCUT2D eigenvalue weighted by molar-refractivity contribution is 8.01. The highest BCUT2D eigenvalue weighted by atomic mass is 35.5. The predicted octanol–water partition coefficient (Wildman–Crippen LogP) is 4.38. The number of methoxy groups -OCH3 is 1. The Hall–Kier alpha value is -2.40. The third-order valence-corrected chi connectivity index (χ3v) is 7.66. The largest absolute Gasteiger partial charge is 0.465 e. The number of aryl methyl sites for hydroxylation is 1. The molecule has 11 heteroatoms. The number of carbonyl (C=O) groups excluding carboxylic acids is 3. The number of thiazole rings is 1. The Morgan fingerprint density at radius 2 is 2.00 bits per heavy atom. The Bertz CT molecular complexity index is 1140. The van der Waals surface area contributed by atoms with E-state index in [0.717, 1.165) is 10.6 Å². The van der Waals surface area contributed by atoms with E-state index < -0.39 is 11.9 Å². The molecule has 0 aliphatic carbocycles. The zero-order valence-corrected chi connectivity index (χ0v) is 19.8. The molecule has 0 aliphatic heterocycles. The van der Waals surface area contributed by atoms with E-state index in [-0.39, 0.29) is 23.6 Å². The fourth-order valence-corrected chi connectivity index (χ4v) is 5.95. The normalized spacial score (nSPS) is 10.7. The van der Waals surface area contributed by atoms with Crippen molar-refractivity contribution in [3.8, 4) is 11.1 Å². The van der Waals surface area contributed by atoms with Gasteiger partial charge >= 0.3 is 5.97 Å². The third kappa shape index (κ3) is 5.65. The minimum Gasteiger partial charge on any atom is -0.465 e. The van der Waals surface area contributed by atoms with Gasteiger partial charge in [-0.15, -0.1) is 22.7 Å². The Morgan fingerprint density at radius 3 is 2.68 bits per heavy atom. The summed E-state index contributed by atoms with van der Waals surface area (Å²) in [4.78, 5) is 41.2. The summed E-state index contributed by atoms with van der Waals surface area (Å²) in [6, 6.07) is 7.14. The van der Waals surface area contributed by atoms with Gasteiger partial charge in [0.1, 0.15) is 10.6 Å². The minimum atomic E-state index is -0.564. The Labute approximate surface area is 196 Å². The molecule has 162 valence electrons. The standard InChI is InChI=1S/C20H18ClN3O4S3/c1-10-14(7-15(22)25)31-20(23-10)30-9-16(26)24-18-17(19(27)28-2)12(8-29-18)11-5-3-4-6-13(11)21/h3-6,8H,7,9H2,1-2H3,(H2,22,25)(H,24,26). The topological polar surface area (TPSA) is 111 Å². The second kappa shape index (κ2) is 10.3. The molecule has 2 amide bonds. The first-order valence-electron chi connectivity index (χ1n) is 8.92. The lowest BCUT2D eigenvalue weighted by Gasteiger charge is -2.08. The number of nitrogens with two attached hydrogens (primary N) is 1. The zero-order chi connectivity index (χ0) is 22.5. The number of amides is 2. The maximum atomic E-state index is 12.5. The third-order valence-electron chi connectivity index (χ3n) is 4.13. The predicted molar refractivity (Wildman–Crippen MR) is 125 cm³/mol. The number of ether oxygens (including phenoxy) is 1. The van der Waals surface area contributed by atoms with E-state index in [1.165, 1.54) is 41.5 Å². The maximum absolute atomic E-state index is 12.5. The number of thiophene rings is 1. The Kier molecular flexibility index (Phi) is 7.71. The van der Waals surface area contributed by atoms with Gasteiger partial charge in [-0.3, -0.25) is 9.59 Å². The molecule has 2 heterocycles. The molecule has 2 aromatic heterocycles. The quantitative estimate of drug-likeness (QED) is 0.354. The number of hydrogen-bond acceptors (Lipinski definition) is 8. The number of nitrogens with zero attached hydrogens (tertiary/aromatic N) is 1. The van der Waals surface area contributed by atoms with E-state index in [9.17, 15) is 14.4 Å². The van der Waals surface area contributed by atoms with Crippen LogP contribution >= 0.6 is 46.0 Å². The number of aromatic nitrogens is 1. The van der Waals surface area contributed by atoms with E-state index >= 15 is 0 Å². The first kappa shape index (κ1) is 23.3. The van der Waals surface area contributed by atoms with Gasteiger partial charge in [-0.2, -0.15) is 0 Å². The molecule has 0 fully saturated rings. The Morgan fingerprint density at radius 1 is 1.26 bits per heavy atom. The number of halogens is 1. The van der Waals surface area contributed by atoms with Gasteiger partial charge in [0.25, 0.3) is 0 Å². The van der Waals surface area contributed by atoms with Crippen LogP contribution in [0.3, 0.4) is 0 Å². The van der Waals surface area contributed by atoms with Crippen molar-refractivity contribution in [1.29, 1.82) is 0 Å². The number of nitrogens with one attached hydrogen (secondary N) is 1. The summed E-state index contributed by atoms with van der Waals surface area (Å²) < 4.78 is 5.58. The highest BCUT2D eigenvalue weighted by Gasteiger charge is 2.23. The summed E-state index contributed by atoms with van der Waals surface area (Å²) in [5, 5.41) is 5.41. The summed E-state index contributed by atoms with van der Waals surface area (Å²) in [5.41, 5.74) is 7.49. The van der Waals surface area contributed by atoms with Gasteiger partial charge in [0.05, 0.1) is 25.0 Å². The van der Waals surface area contributed by atoms with Crippen LogP contribution in [0.1, 0.15) is 20.9 Å². The molecular formula is C20H18ClN3O4S3. The van der Waals surface area contributed by atoms with E-state index in [0.29, 0.717) is 25.5 Å². The molecular weight excluding hydrogens is 478 g/mol. The van der Waals surface area contributed by atoms with Crippen LogP contribution in [0.25, 0.3) is 11.1 Å². The van der Waals surface area contributed by atoms with E-state index in [1.807, 2.05) is 6.07 Å². The van der Waals surface area contributed by atoms with Crippen LogP contribution < -0.4 is 11.1 Å². The van der Waals surface area contributed by atoms with Crippen molar-refractivity contribution in [2.24, 2.45) is 5.73 Å². The lowest BCUT2D eigenvalue weighted by atomic mass is 10.0. The van der Waals surface area contributed by atoms with Crippen molar-refractivity contribution in [2.75, 3.05) is 18.2 Å². The fraction of sp³-hybridized carbons (Fsp3) is 0.200. The van der Waals surface area contributed by atoms with E-state index in [2.05, 4.69) is 10.3 Å². The first-order chi connectivity index (χ1) is 14.8. The zero-order valence-electron chi connectivity index (χ0n) is 16.6. The van der Waals surface area contributed by atoms with Gasteiger partial charge in [-0.25, -0.2) is 9.78 Å². The molecule has 3 N–H and O–H groups in total. The van der Waals surface area contributed by atoms with Gasteiger partial charge in [-0.05, 0) is 13.0 Å². The monoisotopic (exact) mass is 495 g/mol. The van der Waals surface area contributed by atoms with Crippen LogP contribution in [0.5, 0.6) is 0 Å². The van der Waals surface area contributed by atoms with Crippen molar-refractivity contribution in [3.63, 3.8) is 0 Å². The molecule has 0 unspecified atom stereocenters. The summed E-state index contributed by atoms with van der Waals surface area (Å²) in [5.74, 6) is -1.20. The Balaban J connectivity index is 1.75. The lowest BCUT2D eigenvalue weighted by Crippen LogP contribution is -2.16. The SMILES string of the molecule is COC(=O)c1c(-c2ccccc2Cl)csc1NC(=O)CSc1nc(C)c(CC(N)=O)s1. The van der Waals surface area contributed by atoms with Gasteiger partial charge in [0.15, 0.2) is 4.34 Å². The summed E-state index contributed by atoms with van der Waals surface area (Å²) in [7, 11) is 1.28. The average Bonchev–Trinajstić information content (AvgIpc) is 3.29. The molecule has 1 aromatic carbocycles. The lowest BCUT2D eigenvalue weighted by molar-refractivity contribution is -0.117.